The first-order chi connectivity index (χ1) is 10.0. The third kappa shape index (κ3) is 4.80. The molecule has 0 aliphatic heterocycles. The zero-order valence-corrected chi connectivity index (χ0v) is 12.4. The van der Waals surface area contributed by atoms with Crippen LogP contribution in [-0.2, 0) is 4.74 Å². The molecule has 1 aromatic rings. The van der Waals surface area contributed by atoms with Crippen LogP contribution in [0.25, 0.3) is 0 Å². The Morgan fingerprint density at radius 2 is 2.19 bits per heavy atom. The number of nitrogens with zero attached hydrogens (tertiary/aromatic N) is 3. The lowest BCUT2D eigenvalue weighted by atomic mass is 10.3. The zero-order chi connectivity index (χ0) is 15.8. The number of hydrogen-bond donors (Lipinski definition) is 3. The molecule has 1 aromatic heterocycles. The van der Waals surface area contributed by atoms with E-state index >= 15 is 0 Å². The molecule has 9 heteroatoms. The maximum Gasteiger partial charge on any atom is 0.332 e. The van der Waals surface area contributed by atoms with E-state index in [9.17, 15) is 15.2 Å². The molecule has 21 heavy (non-hydrogen) atoms. The lowest BCUT2D eigenvalue weighted by Gasteiger charge is -2.17. The van der Waals surface area contributed by atoms with Crippen molar-refractivity contribution in [2.24, 2.45) is 0 Å². The van der Waals surface area contributed by atoms with Gasteiger partial charge in [-0.15, -0.1) is 0 Å². The molecule has 9 nitrogen and oxygen atoms in total. The van der Waals surface area contributed by atoms with E-state index in [1.54, 1.807) is 6.92 Å². The monoisotopic (exact) mass is 299 g/mol. The van der Waals surface area contributed by atoms with Crippen molar-refractivity contribution in [2.45, 2.75) is 26.3 Å². The van der Waals surface area contributed by atoms with Crippen LogP contribution in [0.2, 0.25) is 0 Å². The Kier molecular flexibility index (Phi) is 6.76. The van der Waals surface area contributed by atoms with Gasteiger partial charge in [0.2, 0.25) is 11.8 Å². The predicted octanol–water partition coefficient (Wildman–Crippen LogP) is 0.934. The fourth-order valence-electron chi connectivity index (χ4n) is 1.74. The maximum atomic E-state index is 11.2. The van der Waals surface area contributed by atoms with Crippen molar-refractivity contribution < 1.29 is 14.8 Å². The minimum absolute atomic E-state index is 0.0715. The second-order valence-electron chi connectivity index (χ2n) is 4.49. The number of rotatable bonds is 9. The van der Waals surface area contributed by atoms with Crippen molar-refractivity contribution in [1.82, 2.24) is 9.97 Å². The minimum atomic E-state index is -0.539. The molecule has 1 unspecified atom stereocenters. The predicted molar refractivity (Wildman–Crippen MR) is 78.6 cm³/mol. The van der Waals surface area contributed by atoms with E-state index in [-0.39, 0.29) is 30.4 Å². The second-order valence-corrected chi connectivity index (χ2v) is 4.49. The summed E-state index contributed by atoms with van der Waals surface area (Å²) in [7, 11) is 1.48. The van der Waals surface area contributed by atoms with Gasteiger partial charge in [0.25, 0.3) is 0 Å². The Hall–Kier alpha value is -2.00. The summed E-state index contributed by atoms with van der Waals surface area (Å²) < 4.78 is 4.94. The second kappa shape index (κ2) is 8.32. The van der Waals surface area contributed by atoms with E-state index in [1.807, 2.05) is 6.92 Å². The average Bonchev–Trinajstić information content (AvgIpc) is 2.43. The van der Waals surface area contributed by atoms with Crippen molar-refractivity contribution in [3.8, 4) is 0 Å². The lowest BCUT2D eigenvalue weighted by molar-refractivity contribution is -0.385. The normalized spacial score (nSPS) is 12.0. The number of aryl methyl sites for hydroxylation is 1. The fraction of sp³-hybridized carbons (Fsp3) is 0.667. The van der Waals surface area contributed by atoms with Gasteiger partial charge in [-0.05, 0) is 13.3 Å². The summed E-state index contributed by atoms with van der Waals surface area (Å²) in [6, 6.07) is -0.484. The van der Waals surface area contributed by atoms with Crippen LogP contribution < -0.4 is 10.6 Å². The number of aromatic nitrogens is 2. The number of nitro groups is 1. The third-order valence-corrected chi connectivity index (χ3v) is 2.70. The summed E-state index contributed by atoms with van der Waals surface area (Å²) in [5, 5.41) is 26.2. The van der Waals surface area contributed by atoms with Gasteiger partial charge in [0.1, 0.15) is 5.69 Å². The highest BCUT2D eigenvalue weighted by molar-refractivity contribution is 5.61. The zero-order valence-electron chi connectivity index (χ0n) is 12.4. The molecule has 0 saturated heterocycles. The number of anilines is 2. The van der Waals surface area contributed by atoms with E-state index in [0.717, 1.165) is 6.42 Å². The molecule has 0 aliphatic rings. The molecule has 1 rings (SSSR count). The van der Waals surface area contributed by atoms with E-state index < -0.39 is 11.0 Å². The Morgan fingerprint density at radius 3 is 2.71 bits per heavy atom. The molecule has 1 heterocycles. The molecule has 1 atom stereocenters. The smallest absolute Gasteiger partial charge is 0.332 e. The summed E-state index contributed by atoms with van der Waals surface area (Å²) in [6.07, 6.45) is 0.880. The quantitative estimate of drug-likeness (QED) is 0.454. The first-order valence-electron chi connectivity index (χ1n) is 6.66. The van der Waals surface area contributed by atoms with Gasteiger partial charge in [-0.1, -0.05) is 6.92 Å². The fourth-order valence-corrected chi connectivity index (χ4v) is 1.74. The van der Waals surface area contributed by atoms with Crippen molar-refractivity contribution in [3.05, 3.63) is 15.8 Å². The average molecular weight is 299 g/mol. The molecule has 0 amide bonds. The first-order valence-corrected chi connectivity index (χ1v) is 6.66. The molecule has 0 aliphatic carbocycles. The van der Waals surface area contributed by atoms with Crippen molar-refractivity contribution in [2.75, 3.05) is 37.5 Å². The van der Waals surface area contributed by atoms with Crippen LogP contribution in [0.4, 0.5) is 17.5 Å². The number of methoxy groups -OCH3 is 1. The highest BCUT2D eigenvalue weighted by Crippen LogP contribution is 2.27. The largest absolute Gasteiger partial charge is 0.394 e. The molecular formula is C12H21N5O4. The minimum Gasteiger partial charge on any atom is -0.394 e. The number of hydrogen-bond acceptors (Lipinski definition) is 8. The van der Waals surface area contributed by atoms with Gasteiger partial charge in [-0.3, -0.25) is 10.1 Å². The van der Waals surface area contributed by atoms with Crippen LogP contribution >= 0.6 is 0 Å². The molecule has 3 N–H and O–H groups in total. The number of nitrogens with one attached hydrogen (secondary N) is 2. The first kappa shape index (κ1) is 17.1. The Morgan fingerprint density at radius 1 is 1.48 bits per heavy atom. The number of aliphatic hydroxyl groups is 1. The molecule has 0 saturated carbocycles. The highest BCUT2D eigenvalue weighted by atomic mass is 16.6. The van der Waals surface area contributed by atoms with E-state index in [2.05, 4.69) is 20.6 Å². The van der Waals surface area contributed by atoms with Gasteiger partial charge in [0.05, 0.1) is 24.2 Å². The molecule has 0 bridgehead atoms. The standard InChI is InChI=1S/C12H21N5O4/c1-4-5-13-12-14-8(2)10(17(19)20)11(16-12)15-9(6-18)7-21-3/h9,18H,4-7H2,1-3H3,(H2,13,14,15,16). The number of aliphatic hydroxyl groups excluding tert-OH is 1. The van der Waals surface area contributed by atoms with Gasteiger partial charge < -0.3 is 20.5 Å². The third-order valence-electron chi connectivity index (χ3n) is 2.70. The summed E-state index contributed by atoms with van der Waals surface area (Å²) >= 11 is 0. The van der Waals surface area contributed by atoms with Crippen molar-refractivity contribution in [3.63, 3.8) is 0 Å². The van der Waals surface area contributed by atoms with E-state index in [1.165, 1.54) is 7.11 Å². The van der Waals surface area contributed by atoms with E-state index in [0.29, 0.717) is 12.5 Å². The summed E-state index contributed by atoms with van der Waals surface area (Å²) in [4.78, 5) is 18.8. The Bertz CT molecular complexity index is 483. The highest BCUT2D eigenvalue weighted by Gasteiger charge is 2.24. The van der Waals surface area contributed by atoms with Crippen LogP contribution in [0.5, 0.6) is 0 Å². The molecule has 0 fully saturated rings. The van der Waals surface area contributed by atoms with Gasteiger partial charge in [0, 0.05) is 13.7 Å². The SMILES string of the molecule is CCCNc1nc(C)c([N+](=O)[O-])c(NC(CO)COC)n1. The Balaban J connectivity index is 3.11. The van der Waals surface area contributed by atoms with Gasteiger partial charge in [-0.25, -0.2) is 4.98 Å². The van der Waals surface area contributed by atoms with Crippen LogP contribution in [-0.4, -0.2) is 52.9 Å². The Labute approximate surface area is 122 Å². The topological polar surface area (TPSA) is 122 Å². The van der Waals surface area contributed by atoms with E-state index in [4.69, 9.17) is 4.74 Å². The van der Waals surface area contributed by atoms with Crippen LogP contribution in [0.3, 0.4) is 0 Å². The van der Waals surface area contributed by atoms with Crippen LogP contribution in [0.1, 0.15) is 19.0 Å². The molecule has 0 spiro atoms. The van der Waals surface area contributed by atoms with Crippen molar-refractivity contribution in [1.29, 1.82) is 0 Å². The van der Waals surface area contributed by atoms with Gasteiger partial charge in [0.15, 0.2) is 0 Å². The van der Waals surface area contributed by atoms with Crippen LogP contribution in [0, 0.1) is 17.0 Å². The summed E-state index contributed by atoms with van der Waals surface area (Å²) in [6.45, 7) is 4.18. The molecular weight excluding hydrogens is 278 g/mol. The molecule has 0 radical (unpaired) electrons. The van der Waals surface area contributed by atoms with Crippen LogP contribution in [0.15, 0.2) is 0 Å². The molecule has 0 aromatic carbocycles. The summed E-state index contributed by atoms with van der Waals surface area (Å²) in [5.74, 6) is 0.388. The lowest BCUT2D eigenvalue weighted by Crippen LogP contribution is -2.30. The number of ether oxygens (including phenoxy) is 1. The van der Waals surface area contributed by atoms with Crippen molar-refractivity contribution >= 4 is 17.5 Å². The summed E-state index contributed by atoms with van der Waals surface area (Å²) in [5.41, 5.74) is 0.0526. The van der Waals surface area contributed by atoms with Gasteiger partial charge in [-0.2, -0.15) is 4.98 Å². The maximum absolute atomic E-state index is 11.2. The molecule has 118 valence electrons. The van der Waals surface area contributed by atoms with Gasteiger partial charge >= 0.3 is 5.69 Å².